The number of ether oxygens (including phenoxy) is 1. The molecule has 0 radical (unpaired) electrons. The largest absolute Gasteiger partial charge is 0.380 e. The SMILES string of the molecule is COCc1c(F)ccc(C2(C(C)N)CC2)c1F. The number of hydrogen-bond donors (Lipinski definition) is 1. The van der Waals surface area contributed by atoms with Crippen molar-refractivity contribution in [3.8, 4) is 0 Å². The minimum absolute atomic E-state index is 0.00285. The zero-order chi connectivity index (χ0) is 12.6. The lowest BCUT2D eigenvalue weighted by Crippen LogP contribution is -2.32. The van der Waals surface area contributed by atoms with Crippen molar-refractivity contribution < 1.29 is 13.5 Å². The lowest BCUT2D eigenvalue weighted by atomic mass is 9.88. The highest BCUT2D eigenvalue weighted by molar-refractivity contribution is 5.38. The van der Waals surface area contributed by atoms with Gasteiger partial charge in [0.05, 0.1) is 6.61 Å². The fraction of sp³-hybridized carbons (Fsp3) is 0.538. The van der Waals surface area contributed by atoms with Crippen molar-refractivity contribution in [1.82, 2.24) is 0 Å². The van der Waals surface area contributed by atoms with E-state index in [1.54, 1.807) is 0 Å². The molecule has 2 nitrogen and oxygen atoms in total. The Morgan fingerprint density at radius 1 is 1.41 bits per heavy atom. The summed E-state index contributed by atoms with van der Waals surface area (Å²) in [5.74, 6) is -1.06. The second-order valence-corrected chi connectivity index (χ2v) is 4.77. The highest BCUT2D eigenvalue weighted by Crippen LogP contribution is 2.51. The Kier molecular flexibility index (Phi) is 3.19. The maximum Gasteiger partial charge on any atom is 0.135 e. The molecule has 1 atom stereocenters. The van der Waals surface area contributed by atoms with Crippen LogP contribution in [-0.2, 0) is 16.8 Å². The molecule has 4 heteroatoms. The summed E-state index contributed by atoms with van der Waals surface area (Å²) in [7, 11) is 1.42. The third-order valence-corrected chi connectivity index (χ3v) is 3.67. The zero-order valence-corrected chi connectivity index (χ0v) is 10.1. The Labute approximate surface area is 99.8 Å². The van der Waals surface area contributed by atoms with E-state index >= 15 is 0 Å². The van der Waals surface area contributed by atoms with E-state index in [1.165, 1.54) is 19.2 Å². The molecule has 2 N–H and O–H groups in total. The van der Waals surface area contributed by atoms with Crippen LogP contribution in [0.2, 0.25) is 0 Å². The molecule has 1 saturated carbocycles. The summed E-state index contributed by atoms with van der Waals surface area (Å²) in [6, 6.07) is 2.69. The average molecular weight is 241 g/mol. The summed E-state index contributed by atoms with van der Waals surface area (Å²) in [6.07, 6.45) is 1.72. The second kappa shape index (κ2) is 4.35. The number of halogens is 2. The molecular weight excluding hydrogens is 224 g/mol. The minimum Gasteiger partial charge on any atom is -0.380 e. The molecule has 2 rings (SSSR count). The quantitative estimate of drug-likeness (QED) is 0.879. The fourth-order valence-corrected chi connectivity index (χ4v) is 2.36. The van der Waals surface area contributed by atoms with Gasteiger partial charge in [0.25, 0.3) is 0 Å². The number of rotatable bonds is 4. The summed E-state index contributed by atoms with van der Waals surface area (Å²) >= 11 is 0. The van der Waals surface area contributed by atoms with Crippen LogP contribution >= 0.6 is 0 Å². The topological polar surface area (TPSA) is 35.2 Å². The van der Waals surface area contributed by atoms with Crippen LogP contribution in [0.5, 0.6) is 0 Å². The van der Waals surface area contributed by atoms with Gasteiger partial charge >= 0.3 is 0 Å². The van der Waals surface area contributed by atoms with Crippen LogP contribution in [-0.4, -0.2) is 13.2 Å². The van der Waals surface area contributed by atoms with E-state index < -0.39 is 11.6 Å². The predicted molar refractivity (Wildman–Crippen MR) is 61.6 cm³/mol. The van der Waals surface area contributed by atoms with E-state index in [9.17, 15) is 8.78 Å². The van der Waals surface area contributed by atoms with Crippen LogP contribution in [0, 0.1) is 11.6 Å². The van der Waals surface area contributed by atoms with Gasteiger partial charge in [-0.05, 0) is 31.4 Å². The molecule has 1 fully saturated rings. The number of methoxy groups -OCH3 is 1. The van der Waals surface area contributed by atoms with Gasteiger partial charge in [0.2, 0.25) is 0 Å². The Morgan fingerprint density at radius 3 is 2.53 bits per heavy atom. The third-order valence-electron chi connectivity index (χ3n) is 3.67. The molecule has 0 bridgehead atoms. The summed E-state index contributed by atoms with van der Waals surface area (Å²) in [4.78, 5) is 0. The summed E-state index contributed by atoms with van der Waals surface area (Å²) in [6.45, 7) is 1.81. The summed E-state index contributed by atoms with van der Waals surface area (Å²) in [5.41, 5.74) is 6.12. The van der Waals surface area contributed by atoms with Gasteiger partial charge < -0.3 is 10.5 Å². The normalized spacial score (nSPS) is 19.1. The zero-order valence-electron chi connectivity index (χ0n) is 10.1. The van der Waals surface area contributed by atoms with Crippen LogP contribution in [0.1, 0.15) is 30.9 Å². The molecule has 1 unspecified atom stereocenters. The van der Waals surface area contributed by atoms with Gasteiger partial charge in [-0.25, -0.2) is 8.78 Å². The van der Waals surface area contributed by atoms with Crippen LogP contribution in [0.4, 0.5) is 8.78 Å². The van der Waals surface area contributed by atoms with Crippen molar-refractivity contribution in [3.63, 3.8) is 0 Å². The molecule has 1 aliphatic rings. The molecule has 0 heterocycles. The lowest BCUT2D eigenvalue weighted by molar-refractivity contribution is 0.177. The van der Waals surface area contributed by atoms with Gasteiger partial charge in [-0.3, -0.25) is 0 Å². The number of hydrogen-bond acceptors (Lipinski definition) is 2. The summed E-state index contributed by atoms with van der Waals surface area (Å²) < 4.78 is 32.5. The molecule has 17 heavy (non-hydrogen) atoms. The van der Waals surface area contributed by atoms with E-state index in [1.807, 2.05) is 6.92 Å². The molecule has 1 aromatic carbocycles. The van der Waals surface area contributed by atoms with Crippen LogP contribution < -0.4 is 5.73 Å². The number of nitrogens with two attached hydrogens (primary N) is 1. The van der Waals surface area contributed by atoms with Crippen molar-refractivity contribution in [3.05, 3.63) is 34.9 Å². The molecule has 0 aliphatic heterocycles. The standard InChI is InChI=1S/C13H17F2NO/c1-8(16)13(5-6-13)10-3-4-11(14)9(7-17-2)12(10)15/h3-4,8H,5-7,16H2,1-2H3. The van der Waals surface area contributed by atoms with Crippen molar-refractivity contribution in [2.24, 2.45) is 5.73 Å². The van der Waals surface area contributed by atoms with Gasteiger partial charge in [0, 0.05) is 24.1 Å². The first-order valence-corrected chi connectivity index (χ1v) is 5.75. The van der Waals surface area contributed by atoms with E-state index in [4.69, 9.17) is 10.5 Å². The minimum atomic E-state index is -0.562. The van der Waals surface area contributed by atoms with Crippen molar-refractivity contribution in [1.29, 1.82) is 0 Å². The molecule has 0 spiro atoms. The van der Waals surface area contributed by atoms with Gasteiger partial charge in [-0.1, -0.05) is 6.07 Å². The maximum atomic E-state index is 14.2. The number of benzene rings is 1. The van der Waals surface area contributed by atoms with Gasteiger partial charge in [-0.15, -0.1) is 0 Å². The molecule has 0 saturated heterocycles. The van der Waals surface area contributed by atoms with Gasteiger partial charge in [0.1, 0.15) is 11.6 Å². The van der Waals surface area contributed by atoms with E-state index in [-0.39, 0.29) is 23.6 Å². The van der Waals surface area contributed by atoms with E-state index in [0.29, 0.717) is 5.56 Å². The van der Waals surface area contributed by atoms with Gasteiger partial charge in [0.15, 0.2) is 0 Å². The second-order valence-electron chi connectivity index (χ2n) is 4.77. The molecule has 94 valence electrons. The average Bonchev–Trinajstić information content (AvgIpc) is 3.05. The molecule has 0 amide bonds. The van der Waals surface area contributed by atoms with Crippen LogP contribution in [0.3, 0.4) is 0 Å². The smallest absolute Gasteiger partial charge is 0.135 e. The first-order valence-electron chi connectivity index (χ1n) is 5.75. The Morgan fingerprint density at radius 2 is 2.06 bits per heavy atom. The fourth-order valence-electron chi connectivity index (χ4n) is 2.36. The van der Waals surface area contributed by atoms with Crippen LogP contribution in [0.15, 0.2) is 12.1 Å². The Bertz CT molecular complexity index is 428. The first kappa shape index (κ1) is 12.5. The Balaban J connectivity index is 2.46. The first-order chi connectivity index (χ1) is 8.03. The monoisotopic (exact) mass is 241 g/mol. The van der Waals surface area contributed by atoms with Crippen molar-refractivity contribution in [2.45, 2.75) is 37.8 Å². The molecular formula is C13H17F2NO. The van der Waals surface area contributed by atoms with Crippen molar-refractivity contribution in [2.75, 3.05) is 7.11 Å². The molecule has 0 aromatic heterocycles. The third kappa shape index (κ3) is 1.96. The van der Waals surface area contributed by atoms with Crippen LogP contribution in [0.25, 0.3) is 0 Å². The highest BCUT2D eigenvalue weighted by atomic mass is 19.1. The molecule has 1 aliphatic carbocycles. The maximum absolute atomic E-state index is 14.2. The van der Waals surface area contributed by atoms with Gasteiger partial charge in [-0.2, -0.15) is 0 Å². The van der Waals surface area contributed by atoms with Crippen molar-refractivity contribution >= 4 is 0 Å². The summed E-state index contributed by atoms with van der Waals surface area (Å²) in [5, 5.41) is 0. The highest BCUT2D eigenvalue weighted by Gasteiger charge is 2.49. The molecule has 1 aromatic rings. The van der Waals surface area contributed by atoms with E-state index in [2.05, 4.69) is 0 Å². The Hall–Kier alpha value is -1.00. The predicted octanol–water partition coefficient (Wildman–Crippen LogP) is 2.49. The lowest BCUT2D eigenvalue weighted by Gasteiger charge is -2.22. The van der Waals surface area contributed by atoms with E-state index in [0.717, 1.165) is 12.8 Å².